The number of carbonyl (C=O) groups excluding carboxylic acids is 2. The molecule has 1 atom stereocenters. The summed E-state index contributed by atoms with van der Waals surface area (Å²) < 4.78 is 16.5. The van der Waals surface area contributed by atoms with Crippen LogP contribution in [0.5, 0.6) is 17.2 Å². The predicted molar refractivity (Wildman–Crippen MR) is 95.9 cm³/mol. The lowest BCUT2D eigenvalue weighted by Gasteiger charge is -2.21. The third-order valence-corrected chi connectivity index (χ3v) is 4.05. The number of ether oxygens (including phenoxy) is 3. The van der Waals surface area contributed by atoms with Crippen molar-refractivity contribution in [2.45, 2.75) is 19.9 Å². The van der Waals surface area contributed by atoms with Crippen LogP contribution in [-0.2, 0) is 4.79 Å². The summed E-state index contributed by atoms with van der Waals surface area (Å²) in [4.78, 5) is 23.5. The van der Waals surface area contributed by atoms with Crippen molar-refractivity contribution in [3.05, 3.63) is 53.6 Å². The van der Waals surface area contributed by atoms with E-state index in [0.29, 0.717) is 36.0 Å². The second kappa shape index (κ2) is 7.91. The molecule has 1 aliphatic heterocycles. The normalized spacial score (nSPS) is 13.6. The monoisotopic (exact) mass is 355 g/mol. The molecule has 0 radical (unpaired) electrons. The van der Waals surface area contributed by atoms with Crippen molar-refractivity contribution in [2.75, 3.05) is 19.8 Å². The van der Waals surface area contributed by atoms with Gasteiger partial charge in [0.2, 0.25) is 0 Å². The van der Waals surface area contributed by atoms with Crippen LogP contribution in [0.2, 0.25) is 0 Å². The highest BCUT2D eigenvalue weighted by atomic mass is 16.6. The van der Waals surface area contributed by atoms with Gasteiger partial charge in [-0.1, -0.05) is 18.2 Å². The van der Waals surface area contributed by atoms with E-state index in [1.54, 1.807) is 24.3 Å². The van der Waals surface area contributed by atoms with Gasteiger partial charge in [0.1, 0.15) is 19.0 Å². The number of ketones is 1. The molecule has 0 saturated heterocycles. The molecule has 2 aromatic carbocycles. The van der Waals surface area contributed by atoms with E-state index in [1.165, 1.54) is 6.92 Å². The SMILES string of the molecule is CC(=O)c1cccc(OCC(=O)NC(C)c2ccc3c(c2)OCCO3)c1. The number of hydrogen-bond donors (Lipinski definition) is 1. The molecule has 26 heavy (non-hydrogen) atoms. The van der Waals surface area contributed by atoms with Crippen LogP contribution in [0.15, 0.2) is 42.5 Å². The van der Waals surface area contributed by atoms with Crippen molar-refractivity contribution in [1.29, 1.82) is 0 Å². The first-order valence-corrected chi connectivity index (χ1v) is 8.45. The van der Waals surface area contributed by atoms with E-state index < -0.39 is 0 Å². The van der Waals surface area contributed by atoms with Crippen LogP contribution in [0, 0.1) is 0 Å². The molecule has 3 rings (SSSR count). The molecule has 1 heterocycles. The van der Waals surface area contributed by atoms with Crippen molar-refractivity contribution >= 4 is 11.7 Å². The lowest BCUT2D eigenvalue weighted by Crippen LogP contribution is -2.31. The van der Waals surface area contributed by atoms with Gasteiger partial charge in [0.25, 0.3) is 5.91 Å². The lowest BCUT2D eigenvalue weighted by molar-refractivity contribution is -0.123. The van der Waals surface area contributed by atoms with E-state index in [-0.39, 0.29) is 24.3 Å². The predicted octanol–water partition coefficient (Wildman–Crippen LogP) is 2.92. The number of fused-ring (bicyclic) bond motifs is 1. The quantitative estimate of drug-likeness (QED) is 0.807. The van der Waals surface area contributed by atoms with Gasteiger partial charge in [-0.3, -0.25) is 9.59 Å². The number of Topliss-reactive ketones (excluding diaryl/α,β-unsaturated/α-hetero) is 1. The van der Waals surface area contributed by atoms with Gasteiger partial charge >= 0.3 is 0 Å². The molecule has 0 aliphatic carbocycles. The summed E-state index contributed by atoms with van der Waals surface area (Å²) in [6, 6.07) is 12.2. The molecule has 6 nitrogen and oxygen atoms in total. The Morgan fingerprint density at radius 2 is 1.88 bits per heavy atom. The molecule has 1 aliphatic rings. The highest BCUT2D eigenvalue weighted by molar-refractivity contribution is 5.94. The standard InChI is InChI=1S/C20H21NO5/c1-13(15-6-7-18-19(11-15)25-9-8-24-18)21-20(23)12-26-17-5-3-4-16(10-17)14(2)22/h3-7,10-11,13H,8-9,12H2,1-2H3,(H,21,23). The second-order valence-corrected chi connectivity index (χ2v) is 6.06. The van der Waals surface area contributed by atoms with E-state index in [9.17, 15) is 9.59 Å². The third-order valence-electron chi connectivity index (χ3n) is 4.05. The Morgan fingerprint density at radius 3 is 2.65 bits per heavy atom. The van der Waals surface area contributed by atoms with Crippen LogP contribution in [0.25, 0.3) is 0 Å². The Kier molecular flexibility index (Phi) is 5.41. The molecular weight excluding hydrogens is 334 g/mol. The van der Waals surface area contributed by atoms with Crippen molar-refractivity contribution < 1.29 is 23.8 Å². The Bertz CT molecular complexity index is 818. The van der Waals surface area contributed by atoms with Gasteiger partial charge in [-0.15, -0.1) is 0 Å². The highest BCUT2D eigenvalue weighted by Gasteiger charge is 2.16. The first-order valence-electron chi connectivity index (χ1n) is 8.45. The summed E-state index contributed by atoms with van der Waals surface area (Å²) in [5, 5.41) is 2.88. The van der Waals surface area contributed by atoms with Crippen LogP contribution >= 0.6 is 0 Å². The molecule has 0 spiro atoms. The molecule has 0 fully saturated rings. The Morgan fingerprint density at radius 1 is 1.12 bits per heavy atom. The van der Waals surface area contributed by atoms with Crippen molar-refractivity contribution in [2.24, 2.45) is 0 Å². The van der Waals surface area contributed by atoms with Gasteiger partial charge < -0.3 is 19.5 Å². The summed E-state index contributed by atoms with van der Waals surface area (Å²) >= 11 is 0. The summed E-state index contributed by atoms with van der Waals surface area (Å²) in [5.41, 5.74) is 1.47. The number of amides is 1. The zero-order valence-electron chi connectivity index (χ0n) is 14.8. The molecule has 1 amide bonds. The minimum Gasteiger partial charge on any atom is -0.486 e. The first-order chi connectivity index (χ1) is 12.5. The molecular formula is C20H21NO5. The largest absolute Gasteiger partial charge is 0.486 e. The zero-order chi connectivity index (χ0) is 18.5. The second-order valence-electron chi connectivity index (χ2n) is 6.06. The van der Waals surface area contributed by atoms with Gasteiger partial charge in [-0.2, -0.15) is 0 Å². The lowest BCUT2D eigenvalue weighted by atomic mass is 10.1. The maximum Gasteiger partial charge on any atom is 0.258 e. The fourth-order valence-corrected chi connectivity index (χ4v) is 2.65. The van der Waals surface area contributed by atoms with E-state index in [1.807, 2.05) is 25.1 Å². The summed E-state index contributed by atoms with van der Waals surface area (Å²) in [6.45, 7) is 4.31. The van der Waals surface area contributed by atoms with Gasteiger partial charge in [0.15, 0.2) is 23.9 Å². The Balaban J connectivity index is 1.56. The zero-order valence-corrected chi connectivity index (χ0v) is 14.8. The summed E-state index contributed by atoms with van der Waals surface area (Å²) in [5.74, 6) is 1.59. The van der Waals surface area contributed by atoms with Crippen LogP contribution in [0.4, 0.5) is 0 Å². The van der Waals surface area contributed by atoms with Crippen LogP contribution in [-0.4, -0.2) is 31.5 Å². The van der Waals surface area contributed by atoms with Gasteiger partial charge in [-0.25, -0.2) is 0 Å². The van der Waals surface area contributed by atoms with E-state index in [2.05, 4.69) is 5.32 Å². The number of benzene rings is 2. The minimum atomic E-state index is -0.249. The van der Waals surface area contributed by atoms with E-state index in [0.717, 1.165) is 5.56 Å². The fourth-order valence-electron chi connectivity index (χ4n) is 2.65. The highest BCUT2D eigenvalue weighted by Crippen LogP contribution is 2.32. The molecule has 0 saturated carbocycles. The molecule has 136 valence electrons. The molecule has 1 N–H and O–H groups in total. The maximum atomic E-state index is 12.1. The van der Waals surface area contributed by atoms with Crippen LogP contribution in [0.3, 0.4) is 0 Å². The Hall–Kier alpha value is -3.02. The molecule has 0 aromatic heterocycles. The van der Waals surface area contributed by atoms with Gasteiger partial charge in [-0.05, 0) is 43.7 Å². The smallest absolute Gasteiger partial charge is 0.258 e. The third kappa shape index (κ3) is 4.33. The first kappa shape index (κ1) is 17.8. The molecule has 0 bridgehead atoms. The Labute approximate surface area is 152 Å². The van der Waals surface area contributed by atoms with Gasteiger partial charge in [0, 0.05) is 5.56 Å². The van der Waals surface area contributed by atoms with Gasteiger partial charge in [0.05, 0.1) is 6.04 Å². The number of hydrogen-bond acceptors (Lipinski definition) is 5. The maximum absolute atomic E-state index is 12.1. The number of carbonyl (C=O) groups is 2. The van der Waals surface area contributed by atoms with Crippen molar-refractivity contribution in [3.63, 3.8) is 0 Å². The molecule has 6 heteroatoms. The topological polar surface area (TPSA) is 73.9 Å². The summed E-state index contributed by atoms with van der Waals surface area (Å²) in [7, 11) is 0. The number of nitrogens with one attached hydrogen (secondary N) is 1. The number of rotatable bonds is 6. The average molecular weight is 355 g/mol. The van der Waals surface area contributed by atoms with Crippen LogP contribution in [0.1, 0.15) is 35.8 Å². The van der Waals surface area contributed by atoms with Crippen molar-refractivity contribution in [3.8, 4) is 17.2 Å². The fraction of sp³-hybridized carbons (Fsp3) is 0.300. The summed E-state index contributed by atoms with van der Waals surface area (Å²) in [6.07, 6.45) is 0. The average Bonchev–Trinajstić information content (AvgIpc) is 2.66. The van der Waals surface area contributed by atoms with E-state index in [4.69, 9.17) is 14.2 Å². The molecule has 2 aromatic rings. The molecule has 1 unspecified atom stereocenters. The van der Waals surface area contributed by atoms with Crippen molar-refractivity contribution in [1.82, 2.24) is 5.32 Å². The van der Waals surface area contributed by atoms with E-state index >= 15 is 0 Å². The van der Waals surface area contributed by atoms with Crippen LogP contribution < -0.4 is 19.5 Å². The minimum absolute atomic E-state index is 0.0490.